The lowest BCUT2D eigenvalue weighted by Crippen LogP contribution is -1.91. The van der Waals surface area contributed by atoms with Crippen molar-refractivity contribution in [2.45, 2.75) is 72.1 Å². The molecule has 0 heterocycles. The predicted octanol–water partition coefficient (Wildman–Crippen LogP) is 9.50. The van der Waals surface area contributed by atoms with Crippen molar-refractivity contribution >= 4 is 0 Å². The summed E-state index contributed by atoms with van der Waals surface area (Å²) >= 11 is 0. The fourth-order valence-electron chi connectivity index (χ4n) is 3.24. The third kappa shape index (κ3) is 15.2. The van der Waals surface area contributed by atoms with E-state index in [1.54, 1.807) is 0 Å². The molecule has 0 saturated carbocycles. The van der Waals surface area contributed by atoms with Gasteiger partial charge in [-0.25, -0.2) is 0 Å². The van der Waals surface area contributed by atoms with Gasteiger partial charge in [-0.15, -0.1) is 6.58 Å². The molecule has 0 amide bonds. The predicted molar refractivity (Wildman–Crippen MR) is 144 cm³/mol. The first-order valence-corrected chi connectivity index (χ1v) is 12.4. The summed E-state index contributed by atoms with van der Waals surface area (Å²) < 4.78 is 0. The van der Waals surface area contributed by atoms with Crippen LogP contribution in [-0.2, 0) is 19.3 Å². The molecule has 0 saturated heterocycles. The number of rotatable bonds is 10. The summed E-state index contributed by atoms with van der Waals surface area (Å²) in [6.45, 7) is 10.5. The Balaban J connectivity index is 0.000000240. The third-order valence-electron chi connectivity index (χ3n) is 5.24. The number of allylic oxidation sites excluding steroid dienone is 1. The summed E-state index contributed by atoms with van der Waals surface area (Å²) in [5, 5.41) is 0. The van der Waals surface area contributed by atoms with Crippen molar-refractivity contribution in [2.24, 2.45) is 5.92 Å². The largest absolute Gasteiger partial charge is 0.103 e. The maximum absolute atomic E-state index is 3.68. The number of aryl methyl sites for hydroxylation is 3. The Morgan fingerprint density at radius 2 is 1.06 bits per heavy atom. The highest BCUT2D eigenvalue weighted by atomic mass is 14.0. The Morgan fingerprint density at radius 3 is 1.47 bits per heavy atom. The molecule has 0 aliphatic heterocycles. The number of hydrogen-bond acceptors (Lipinski definition) is 0. The molecule has 3 aromatic rings. The van der Waals surface area contributed by atoms with E-state index in [1.807, 2.05) is 12.1 Å². The van der Waals surface area contributed by atoms with Gasteiger partial charge in [0, 0.05) is 0 Å². The van der Waals surface area contributed by atoms with E-state index in [-0.39, 0.29) is 0 Å². The lowest BCUT2D eigenvalue weighted by atomic mass is 10.0. The molecule has 0 radical (unpaired) electrons. The van der Waals surface area contributed by atoms with E-state index in [2.05, 4.69) is 112 Å². The topological polar surface area (TPSA) is 0 Å². The molecular weight excluding hydrogens is 384 g/mol. The van der Waals surface area contributed by atoms with Crippen LogP contribution in [0.25, 0.3) is 0 Å². The van der Waals surface area contributed by atoms with Gasteiger partial charge < -0.3 is 0 Å². The first-order chi connectivity index (χ1) is 15.7. The van der Waals surface area contributed by atoms with Crippen LogP contribution in [0.15, 0.2) is 104 Å². The van der Waals surface area contributed by atoms with Crippen LogP contribution in [-0.4, -0.2) is 0 Å². The van der Waals surface area contributed by atoms with Crippen LogP contribution in [0.2, 0.25) is 0 Å². The summed E-state index contributed by atoms with van der Waals surface area (Å²) in [5.74, 6) is 0.815. The molecule has 3 aromatic carbocycles. The number of unbranched alkanes of at least 4 members (excludes halogenated alkanes) is 2. The summed E-state index contributed by atoms with van der Waals surface area (Å²) in [4.78, 5) is 0. The number of benzene rings is 3. The summed E-state index contributed by atoms with van der Waals surface area (Å²) in [7, 11) is 0. The molecule has 3 rings (SSSR count). The molecule has 0 heteroatoms. The molecule has 0 fully saturated rings. The van der Waals surface area contributed by atoms with Crippen molar-refractivity contribution in [1.82, 2.24) is 0 Å². The van der Waals surface area contributed by atoms with Crippen LogP contribution in [0.1, 0.15) is 69.6 Å². The van der Waals surface area contributed by atoms with Crippen molar-refractivity contribution in [3.05, 3.63) is 120 Å². The second kappa shape index (κ2) is 19.1. The van der Waals surface area contributed by atoms with Crippen molar-refractivity contribution in [1.29, 1.82) is 0 Å². The van der Waals surface area contributed by atoms with Crippen LogP contribution in [0.5, 0.6) is 0 Å². The average Bonchev–Trinajstić information content (AvgIpc) is 2.84. The lowest BCUT2D eigenvalue weighted by molar-refractivity contribution is 0.587. The first-order valence-electron chi connectivity index (χ1n) is 12.4. The minimum atomic E-state index is 0.815. The van der Waals surface area contributed by atoms with Crippen molar-refractivity contribution in [3.63, 3.8) is 0 Å². The van der Waals surface area contributed by atoms with Gasteiger partial charge in [0.2, 0.25) is 0 Å². The zero-order valence-corrected chi connectivity index (χ0v) is 20.7. The fourth-order valence-corrected chi connectivity index (χ4v) is 3.24. The van der Waals surface area contributed by atoms with Crippen molar-refractivity contribution < 1.29 is 0 Å². The Morgan fingerprint density at radius 1 is 0.625 bits per heavy atom. The standard InChI is InChI=1S/2C11H16.C10H12/c1-10(2)8-9-11-6-4-3-5-7-11;1-2-3-5-8-11-9-6-4-7-10-11;1-2-3-7-10-8-5-4-6-9-10/h3-7,10H,8-9H2,1-2H3;4,6-7,9-10H,2-3,5,8H2,1H3;2,4-6,8-9H,1,3,7H2. The molecule has 172 valence electrons. The highest BCUT2D eigenvalue weighted by molar-refractivity contribution is 5.16. The zero-order chi connectivity index (χ0) is 23.3. The summed E-state index contributed by atoms with van der Waals surface area (Å²) in [6.07, 6.45) is 11.9. The molecule has 0 aliphatic rings. The van der Waals surface area contributed by atoms with Gasteiger partial charge in [0.1, 0.15) is 0 Å². The molecule has 0 nitrogen and oxygen atoms in total. The van der Waals surface area contributed by atoms with E-state index in [9.17, 15) is 0 Å². The maximum Gasteiger partial charge on any atom is -0.0244 e. The molecule has 0 unspecified atom stereocenters. The van der Waals surface area contributed by atoms with Gasteiger partial charge in [0.25, 0.3) is 0 Å². The smallest absolute Gasteiger partial charge is 0.0244 e. The Labute approximate surface area is 198 Å². The first kappa shape index (κ1) is 27.4. The van der Waals surface area contributed by atoms with Crippen LogP contribution in [0.4, 0.5) is 0 Å². The van der Waals surface area contributed by atoms with E-state index < -0.39 is 0 Å². The second-order valence-electron chi connectivity index (χ2n) is 8.67. The maximum atomic E-state index is 3.68. The highest BCUT2D eigenvalue weighted by Crippen LogP contribution is 2.08. The van der Waals surface area contributed by atoms with Crippen molar-refractivity contribution in [3.8, 4) is 0 Å². The van der Waals surface area contributed by atoms with E-state index in [0.29, 0.717) is 0 Å². The molecule has 0 aromatic heterocycles. The normalized spacial score (nSPS) is 9.88. The molecule has 0 atom stereocenters. The van der Waals surface area contributed by atoms with Gasteiger partial charge >= 0.3 is 0 Å². The van der Waals surface area contributed by atoms with Crippen LogP contribution >= 0.6 is 0 Å². The van der Waals surface area contributed by atoms with E-state index in [1.165, 1.54) is 55.2 Å². The van der Waals surface area contributed by atoms with Gasteiger partial charge in [-0.1, -0.05) is 131 Å². The van der Waals surface area contributed by atoms with Crippen molar-refractivity contribution in [2.75, 3.05) is 0 Å². The summed E-state index contributed by atoms with van der Waals surface area (Å²) in [5.41, 5.74) is 4.32. The molecule has 0 bridgehead atoms. The average molecular weight is 429 g/mol. The minimum absolute atomic E-state index is 0.815. The molecule has 0 spiro atoms. The minimum Gasteiger partial charge on any atom is -0.103 e. The monoisotopic (exact) mass is 428 g/mol. The van der Waals surface area contributed by atoms with Gasteiger partial charge in [-0.3, -0.25) is 0 Å². The van der Waals surface area contributed by atoms with Crippen LogP contribution in [0, 0.1) is 5.92 Å². The third-order valence-corrected chi connectivity index (χ3v) is 5.24. The van der Waals surface area contributed by atoms with Gasteiger partial charge in [-0.2, -0.15) is 0 Å². The van der Waals surface area contributed by atoms with Gasteiger partial charge in [0.05, 0.1) is 0 Å². The summed E-state index contributed by atoms with van der Waals surface area (Å²) in [6, 6.07) is 31.8. The van der Waals surface area contributed by atoms with Crippen LogP contribution < -0.4 is 0 Å². The van der Waals surface area contributed by atoms with Gasteiger partial charge in [-0.05, 0) is 61.1 Å². The Bertz CT molecular complexity index is 772. The van der Waals surface area contributed by atoms with E-state index in [0.717, 1.165) is 18.8 Å². The molecule has 32 heavy (non-hydrogen) atoms. The second-order valence-corrected chi connectivity index (χ2v) is 8.67. The quantitative estimate of drug-likeness (QED) is 0.223. The molecular formula is C32H44. The molecule has 0 N–H and O–H groups in total. The van der Waals surface area contributed by atoms with Crippen LogP contribution in [0.3, 0.4) is 0 Å². The number of hydrogen-bond donors (Lipinski definition) is 0. The van der Waals surface area contributed by atoms with E-state index in [4.69, 9.17) is 0 Å². The van der Waals surface area contributed by atoms with Gasteiger partial charge in [0.15, 0.2) is 0 Å². The fraction of sp³-hybridized carbons (Fsp3) is 0.375. The SMILES string of the molecule is C=CCCc1ccccc1.CC(C)CCc1ccccc1.CCCCCc1ccccc1. The lowest BCUT2D eigenvalue weighted by Gasteiger charge is -2.03. The molecule has 0 aliphatic carbocycles. The Hall–Kier alpha value is -2.60. The Kier molecular flexibility index (Phi) is 16.4. The zero-order valence-electron chi connectivity index (χ0n) is 20.7. The highest BCUT2D eigenvalue weighted by Gasteiger charge is 1.94. The van der Waals surface area contributed by atoms with E-state index >= 15 is 0 Å².